The molecule has 0 unspecified atom stereocenters. The number of hydrogen-bond donors (Lipinski definition) is 4. The second-order valence-electron chi connectivity index (χ2n) is 10.2. The van der Waals surface area contributed by atoms with Crippen LogP contribution < -0.4 is 30.8 Å². The Morgan fingerprint density at radius 1 is 0.833 bits per heavy atom. The Hall–Kier alpha value is -6.05. The lowest BCUT2D eigenvalue weighted by molar-refractivity contribution is 0.0697. The maximum Gasteiger partial charge on any atom is 0.407 e. The number of ether oxygens (including phenoxy) is 3. The monoisotopic (exact) mass is 660 g/mol. The normalized spacial score (nSPS) is 10.6. The summed E-state index contributed by atoms with van der Waals surface area (Å²) in [6.07, 6.45) is -0.106. The van der Waals surface area contributed by atoms with Gasteiger partial charge in [-0.15, -0.1) is 0 Å². The number of aromatic carboxylic acids is 1. The quantitative estimate of drug-likeness (QED) is 0.0942. The standard InChI is InChI=1S/C34H37N5O9/c1-5-38(14-17-45-32(42)35-2)22-10-12-26-28(20-22)48-29-21-23(39(15-18-46-33(43)36-3)16-19-47-34(44)37-4)11-13-27(29)30(26)24-8-6-7-9-25(24)31(40)41/h5-13,20-21H,1,14-19H2,2-4H3,(H3-,35,36,37,40,41,42,43,44)/p+1. The summed E-state index contributed by atoms with van der Waals surface area (Å²) in [6.45, 7) is 4.96. The lowest BCUT2D eigenvalue weighted by Gasteiger charge is -2.22. The molecule has 1 aliphatic carbocycles. The van der Waals surface area contributed by atoms with E-state index in [0.717, 1.165) is 0 Å². The molecule has 3 amide bonds. The molecule has 48 heavy (non-hydrogen) atoms. The molecule has 0 aromatic heterocycles. The van der Waals surface area contributed by atoms with Gasteiger partial charge in [-0.2, -0.15) is 0 Å². The third kappa shape index (κ3) is 8.40. The van der Waals surface area contributed by atoms with E-state index in [1.54, 1.807) is 41.4 Å². The van der Waals surface area contributed by atoms with Crippen LogP contribution in [0, 0.1) is 0 Å². The number of nitrogens with zero attached hydrogens (tertiary/aromatic N) is 2. The van der Waals surface area contributed by atoms with E-state index in [9.17, 15) is 24.3 Å². The minimum atomic E-state index is -1.08. The van der Waals surface area contributed by atoms with Gasteiger partial charge < -0.3 is 44.6 Å². The fraction of sp³-hybridized carbons (Fsp3) is 0.265. The van der Waals surface area contributed by atoms with E-state index in [-0.39, 0.29) is 38.5 Å². The fourth-order valence-electron chi connectivity index (χ4n) is 5.07. The highest BCUT2D eigenvalue weighted by molar-refractivity contribution is 6.07. The number of fused-ring (bicyclic) bond motifs is 2. The minimum Gasteiger partial charge on any atom is -0.478 e. The van der Waals surface area contributed by atoms with Crippen molar-refractivity contribution < 1.29 is 42.9 Å². The molecule has 0 radical (unpaired) electrons. The molecule has 2 aliphatic rings. The molecule has 0 saturated carbocycles. The van der Waals surface area contributed by atoms with Crippen LogP contribution in [0.1, 0.15) is 10.4 Å². The van der Waals surface area contributed by atoms with Crippen molar-refractivity contribution in [3.05, 3.63) is 84.4 Å². The van der Waals surface area contributed by atoms with Gasteiger partial charge in [0.1, 0.15) is 18.0 Å². The summed E-state index contributed by atoms with van der Waals surface area (Å²) in [5.41, 5.74) is 3.12. The molecule has 0 spiro atoms. The van der Waals surface area contributed by atoms with E-state index in [4.69, 9.17) is 18.6 Å². The van der Waals surface area contributed by atoms with Crippen LogP contribution in [0.25, 0.3) is 33.4 Å². The molecule has 2 aromatic carbocycles. The average Bonchev–Trinajstić information content (AvgIpc) is 3.10. The second-order valence-corrected chi connectivity index (χ2v) is 10.2. The van der Waals surface area contributed by atoms with E-state index < -0.39 is 24.2 Å². The van der Waals surface area contributed by atoms with Gasteiger partial charge >= 0.3 is 24.2 Å². The molecule has 2 aromatic rings. The maximum absolute atomic E-state index is 12.3. The Morgan fingerprint density at radius 3 is 2.06 bits per heavy atom. The van der Waals surface area contributed by atoms with Crippen LogP contribution in [-0.2, 0) is 14.2 Å². The van der Waals surface area contributed by atoms with Gasteiger partial charge in [-0.05, 0) is 36.0 Å². The average molecular weight is 661 g/mol. The largest absolute Gasteiger partial charge is 0.478 e. The van der Waals surface area contributed by atoms with Crippen molar-refractivity contribution in [1.82, 2.24) is 20.5 Å². The first-order chi connectivity index (χ1) is 23.2. The lowest BCUT2D eigenvalue weighted by atomic mass is 9.90. The molecule has 4 rings (SSSR count). The Labute approximate surface area is 276 Å². The molecule has 0 saturated heterocycles. The van der Waals surface area contributed by atoms with Gasteiger partial charge in [0.15, 0.2) is 26.3 Å². The Bertz CT molecular complexity index is 1830. The van der Waals surface area contributed by atoms with Gasteiger partial charge in [-0.1, -0.05) is 24.8 Å². The summed E-state index contributed by atoms with van der Waals surface area (Å²) in [7, 11) is 4.40. The Kier molecular flexibility index (Phi) is 12.0. The topological polar surface area (TPSA) is 172 Å². The highest BCUT2D eigenvalue weighted by atomic mass is 16.6. The van der Waals surface area contributed by atoms with Crippen LogP contribution in [0.15, 0.2) is 77.9 Å². The molecule has 14 heteroatoms. The number of nitrogens with one attached hydrogen (secondary N) is 3. The number of hydrogen-bond acceptors (Lipinski definition) is 9. The third-order valence-electron chi connectivity index (χ3n) is 7.40. The second kappa shape index (κ2) is 16.5. The first-order valence-corrected chi connectivity index (χ1v) is 15.0. The molecule has 0 fully saturated rings. The van der Waals surface area contributed by atoms with Crippen LogP contribution in [0.3, 0.4) is 0 Å². The molecule has 0 bridgehead atoms. The SMILES string of the molecule is C=CN(CCOC(=O)NC)c1ccc2c(-c3ccccc3C(=O)O)c3ccc(=[N+](CCOC(=O)NC)CCOC(=O)NC)cc-3oc2c1. The number of benzene rings is 3. The van der Waals surface area contributed by atoms with Crippen molar-refractivity contribution in [2.45, 2.75) is 0 Å². The molecular weight excluding hydrogens is 622 g/mol. The van der Waals surface area contributed by atoms with Crippen molar-refractivity contribution >= 4 is 40.9 Å². The molecule has 14 nitrogen and oxygen atoms in total. The van der Waals surface area contributed by atoms with Crippen LogP contribution in [0.4, 0.5) is 20.1 Å². The van der Waals surface area contributed by atoms with Gasteiger partial charge in [0.05, 0.1) is 18.2 Å². The fourth-order valence-corrected chi connectivity index (χ4v) is 5.07. The van der Waals surface area contributed by atoms with Gasteiger partial charge in [0, 0.05) is 55.5 Å². The zero-order valence-corrected chi connectivity index (χ0v) is 26.9. The summed E-state index contributed by atoms with van der Waals surface area (Å²) < 4.78 is 23.9. The van der Waals surface area contributed by atoms with E-state index >= 15 is 0 Å². The van der Waals surface area contributed by atoms with Gasteiger partial charge in [-0.3, -0.25) is 0 Å². The summed E-state index contributed by atoms with van der Waals surface area (Å²) in [6, 6.07) is 17.8. The smallest absolute Gasteiger partial charge is 0.407 e. The number of rotatable bonds is 13. The molecule has 252 valence electrons. The van der Waals surface area contributed by atoms with Crippen molar-refractivity contribution in [2.75, 3.05) is 65.5 Å². The molecule has 0 atom stereocenters. The predicted molar refractivity (Wildman–Crippen MR) is 179 cm³/mol. The van der Waals surface area contributed by atoms with Gasteiger partial charge in [0.2, 0.25) is 5.36 Å². The van der Waals surface area contributed by atoms with Crippen LogP contribution in [-0.4, -0.2) is 90.0 Å². The van der Waals surface area contributed by atoms with Crippen LogP contribution >= 0.6 is 0 Å². The molecular formula is C34H38N5O9+. The number of amides is 3. The highest BCUT2D eigenvalue weighted by Gasteiger charge is 2.23. The van der Waals surface area contributed by atoms with Crippen molar-refractivity contribution in [1.29, 1.82) is 0 Å². The minimum absolute atomic E-state index is 0.0498. The molecule has 4 N–H and O–H groups in total. The first-order valence-electron chi connectivity index (χ1n) is 15.0. The van der Waals surface area contributed by atoms with Gasteiger partial charge in [0.25, 0.3) is 0 Å². The van der Waals surface area contributed by atoms with Crippen LogP contribution in [0.5, 0.6) is 0 Å². The first kappa shape index (κ1) is 34.8. The summed E-state index contributed by atoms with van der Waals surface area (Å²) >= 11 is 0. The summed E-state index contributed by atoms with van der Waals surface area (Å²) in [5.74, 6) is -0.627. The van der Waals surface area contributed by atoms with E-state index in [0.29, 0.717) is 51.0 Å². The zero-order valence-electron chi connectivity index (χ0n) is 26.9. The third-order valence-corrected chi connectivity index (χ3v) is 7.40. The maximum atomic E-state index is 12.3. The Balaban J connectivity index is 1.91. The summed E-state index contributed by atoms with van der Waals surface area (Å²) in [5, 5.41) is 18.7. The number of anilines is 1. The van der Waals surface area contributed by atoms with Gasteiger partial charge in [-0.25, -0.2) is 23.8 Å². The number of carboxylic acid groups (broad SMARTS) is 1. The zero-order chi connectivity index (χ0) is 34.6. The Morgan fingerprint density at radius 2 is 1.46 bits per heavy atom. The number of carbonyl (C=O) groups excluding carboxylic acids is 3. The molecule has 1 aliphatic heterocycles. The lowest BCUT2D eigenvalue weighted by Crippen LogP contribution is -2.37. The summed E-state index contributed by atoms with van der Waals surface area (Å²) in [4.78, 5) is 49.1. The van der Waals surface area contributed by atoms with E-state index in [1.807, 2.05) is 34.9 Å². The highest BCUT2D eigenvalue weighted by Crippen LogP contribution is 2.42. The number of carbonyl (C=O) groups is 4. The van der Waals surface area contributed by atoms with Crippen molar-refractivity contribution in [3.63, 3.8) is 0 Å². The van der Waals surface area contributed by atoms with E-state index in [2.05, 4.69) is 22.5 Å². The van der Waals surface area contributed by atoms with Crippen molar-refractivity contribution in [2.24, 2.45) is 0 Å². The predicted octanol–water partition coefficient (Wildman–Crippen LogP) is 3.69. The van der Waals surface area contributed by atoms with E-state index in [1.165, 1.54) is 21.1 Å². The molecule has 1 heterocycles. The number of alkyl carbamates (subject to hydrolysis) is 3. The van der Waals surface area contributed by atoms with Crippen molar-refractivity contribution in [3.8, 4) is 22.5 Å². The van der Waals surface area contributed by atoms with Crippen LogP contribution in [0.2, 0.25) is 0 Å². The number of carboxylic acids is 1.